The van der Waals surface area contributed by atoms with Gasteiger partial charge in [0.25, 0.3) is 0 Å². The molecule has 0 saturated carbocycles. The molecule has 3 unspecified atom stereocenters. The number of rotatable bonds is 4. The summed E-state index contributed by atoms with van der Waals surface area (Å²) in [6.45, 7) is 3.54. The van der Waals surface area contributed by atoms with E-state index in [0.29, 0.717) is 22.7 Å². The van der Waals surface area contributed by atoms with Crippen LogP contribution < -0.4 is 10.0 Å². The summed E-state index contributed by atoms with van der Waals surface area (Å²) in [5, 5.41) is 3.96. The maximum absolute atomic E-state index is 11.3. The van der Waals surface area contributed by atoms with Crippen LogP contribution in [-0.2, 0) is 10.0 Å². The van der Waals surface area contributed by atoms with E-state index in [-0.39, 0.29) is 0 Å². The van der Waals surface area contributed by atoms with Crippen LogP contribution in [0.25, 0.3) is 0 Å². The highest BCUT2D eigenvalue weighted by molar-refractivity contribution is 7.92. The van der Waals surface area contributed by atoms with Crippen LogP contribution >= 0.6 is 11.6 Å². The number of nitrogens with zero attached hydrogens (tertiary/aromatic N) is 1. The maximum atomic E-state index is 11.3. The van der Waals surface area contributed by atoms with Gasteiger partial charge in [0.15, 0.2) is 0 Å². The number of hydrogen-bond donors (Lipinski definition) is 2. The second-order valence-corrected chi connectivity index (χ2v) is 8.11. The van der Waals surface area contributed by atoms with E-state index < -0.39 is 10.0 Å². The Balaban J connectivity index is 1.70. The maximum Gasteiger partial charge on any atom is 0.229 e. The van der Waals surface area contributed by atoms with Gasteiger partial charge in [0, 0.05) is 24.8 Å². The van der Waals surface area contributed by atoms with Crippen molar-refractivity contribution in [1.29, 1.82) is 0 Å². The molecule has 3 atom stereocenters. The van der Waals surface area contributed by atoms with Crippen LogP contribution in [0, 0.1) is 5.92 Å². The third kappa shape index (κ3) is 3.62. The number of sulfonamides is 1. The van der Waals surface area contributed by atoms with Crippen molar-refractivity contribution in [3.05, 3.63) is 23.2 Å². The van der Waals surface area contributed by atoms with Crippen LogP contribution in [0.5, 0.6) is 0 Å². The Morgan fingerprint density at radius 1 is 1.29 bits per heavy atom. The zero-order valence-electron chi connectivity index (χ0n) is 12.0. The predicted molar refractivity (Wildman–Crippen MR) is 86.5 cm³/mol. The molecule has 7 heteroatoms. The first-order valence-electron chi connectivity index (χ1n) is 7.17. The quantitative estimate of drug-likeness (QED) is 0.889. The van der Waals surface area contributed by atoms with Crippen LogP contribution in [0.4, 0.5) is 11.4 Å². The van der Waals surface area contributed by atoms with Gasteiger partial charge in [-0.2, -0.15) is 0 Å². The largest absolute Gasteiger partial charge is 0.382 e. The van der Waals surface area contributed by atoms with Gasteiger partial charge in [-0.15, -0.1) is 0 Å². The topological polar surface area (TPSA) is 61.4 Å². The molecular weight excluding hydrogens is 310 g/mol. The highest BCUT2D eigenvalue weighted by atomic mass is 35.5. The number of piperidine rings is 1. The summed E-state index contributed by atoms with van der Waals surface area (Å²) in [6.07, 6.45) is 3.51. The van der Waals surface area contributed by atoms with E-state index >= 15 is 0 Å². The average Bonchev–Trinajstić information content (AvgIpc) is 2.78. The number of fused-ring (bicyclic) bond motifs is 2. The van der Waals surface area contributed by atoms with Gasteiger partial charge in [-0.25, -0.2) is 8.42 Å². The molecule has 2 aliphatic rings. The van der Waals surface area contributed by atoms with Crippen molar-refractivity contribution in [2.24, 2.45) is 5.92 Å². The number of benzene rings is 1. The van der Waals surface area contributed by atoms with E-state index in [0.717, 1.165) is 24.9 Å². The molecule has 5 nitrogen and oxygen atoms in total. The van der Waals surface area contributed by atoms with Crippen LogP contribution in [0.1, 0.15) is 12.8 Å². The first-order valence-corrected chi connectivity index (χ1v) is 9.44. The molecule has 2 saturated heterocycles. The molecule has 1 aromatic carbocycles. The first kappa shape index (κ1) is 14.9. The van der Waals surface area contributed by atoms with Gasteiger partial charge in [-0.1, -0.05) is 11.6 Å². The van der Waals surface area contributed by atoms with Crippen molar-refractivity contribution >= 4 is 33.0 Å². The third-order valence-electron chi connectivity index (χ3n) is 4.25. The highest BCUT2D eigenvalue weighted by Gasteiger charge is 2.34. The lowest BCUT2D eigenvalue weighted by Gasteiger charge is -2.31. The first-order chi connectivity index (χ1) is 9.90. The summed E-state index contributed by atoms with van der Waals surface area (Å²) in [6, 6.07) is 5.85. The van der Waals surface area contributed by atoms with Gasteiger partial charge in [0.2, 0.25) is 10.0 Å². The summed E-state index contributed by atoms with van der Waals surface area (Å²) in [7, 11) is -3.31. The lowest BCUT2D eigenvalue weighted by molar-refractivity contribution is 0.255. The minimum absolute atomic E-state index is 0.411. The van der Waals surface area contributed by atoms with Crippen molar-refractivity contribution in [2.45, 2.75) is 18.9 Å². The van der Waals surface area contributed by atoms with E-state index in [1.54, 1.807) is 12.1 Å². The fraction of sp³-hybridized carbons (Fsp3) is 0.571. The molecule has 0 spiro atoms. The van der Waals surface area contributed by atoms with E-state index in [9.17, 15) is 8.42 Å². The molecule has 2 fully saturated rings. The Labute approximate surface area is 130 Å². The van der Waals surface area contributed by atoms with Crippen LogP contribution in [0.2, 0.25) is 5.02 Å². The molecule has 0 aromatic heterocycles. The molecule has 2 aliphatic heterocycles. The summed E-state index contributed by atoms with van der Waals surface area (Å²) >= 11 is 6.16. The van der Waals surface area contributed by atoms with Gasteiger partial charge in [-0.05, 0) is 43.5 Å². The number of hydrogen-bond acceptors (Lipinski definition) is 4. The molecule has 0 amide bonds. The van der Waals surface area contributed by atoms with Gasteiger partial charge in [0.05, 0.1) is 17.0 Å². The standard InChI is InChI=1S/C14H20ClN3O2S/c1-21(19,20)17-14-3-2-11(8-12(14)15)16-13-5-7-18-6-4-10(13)9-18/h2-3,8,10,13,16-17H,4-7,9H2,1H3. The smallest absolute Gasteiger partial charge is 0.229 e. The lowest BCUT2D eigenvalue weighted by atomic mass is 9.94. The number of anilines is 2. The fourth-order valence-corrected chi connectivity index (χ4v) is 4.10. The number of nitrogens with one attached hydrogen (secondary N) is 2. The summed E-state index contributed by atoms with van der Waals surface area (Å²) in [5.41, 5.74) is 1.37. The van der Waals surface area contributed by atoms with E-state index in [4.69, 9.17) is 11.6 Å². The summed E-state index contributed by atoms with van der Waals surface area (Å²) in [4.78, 5) is 2.51. The summed E-state index contributed by atoms with van der Waals surface area (Å²) < 4.78 is 24.9. The van der Waals surface area contributed by atoms with E-state index in [2.05, 4.69) is 14.9 Å². The zero-order valence-corrected chi connectivity index (χ0v) is 13.5. The van der Waals surface area contributed by atoms with Crippen LogP contribution in [0.15, 0.2) is 18.2 Å². The fourth-order valence-electron chi connectivity index (χ4n) is 3.24. The zero-order chi connectivity index (χ0) is 15.0. The van der Waals surface area contributed by atoms with Crippen LogP contribution in [-0.4, -0.2) is 45.2 Å². The van der Waals surface area contributed by atoms with Gasteiger partial charge in [-0.3, -0.25) is 4.72 Å². The molecule has 0 aliphatic carbocycles. The van der Waals surface area contributed by atoms with Crippen molar-refractivity contribution in [1.82, 2.24) is 4.90 Å². The van der Waals surface area contributed by atoms with Crippen molar-refractivity contribution in [2.75, 3.05) is 35.9 Å². The Morgan fingerprint density at radius 3 is 2.76 bits per heavy atom. The lowest BCUT2D eigenvalue weighted by Crippen LogP contribution is -2.39. The normalized spacial score (nSPS) is 28.4. The third-order valence-corrected chi connectivity index (χ3v) is 5.15. The van der Waals surface area contributed by atoms with E-state index in [1.165, 1.54) is 19.5 Å². The Morgan fingerprint density at radius 2 is 2.05 bits per heavy atom. The molecule has 2 bridgehead atoms. The van der Waals surface area contributed by atoms with Crippen LogP contribution in [0.3, 0.4) is 0 Å². The molecule has 2 N–H and O–H groups in total. The Hall–Kier alpha value is -0.980. The molecule has 21 heavy (non-hydrogen) atoms. The molecular formula is C14H20ClN3O2S. The minimum atomic E-state index is -3.31. The predicted octanol–water partition coefficient (Wildman–Crippen LogP) is 2.22. The van der Waals surface area contributed by atoms with Gasteiger partial charge >= 0.3 is 0 Å². The Kier molecular flexibility index (Phi) is 4.03. The Bertz CT molecular complexity index is 635. The summed E-state index contributed by atoms with van der Waals surface area (Å²) in [5.74, 6) is 0.700. The minimum Gasteiger partial charge on any atom is -0.382 e. The highest BCUT2D eigenvalue weighted by Crippen LogP contribution is 2.31. The molecule has 1 aromatic rings. The van der Waals surface area contributed by atoms with E-state index in [1.807, 2.05) is 6.07 Å². The van der Waals surface area contributed by atoms with Crippen molar-refractivity contribution < 1.29 is 8.42 Å². The second-order valence-electron chi connectivity index (χ2n) is 5.96. The average molecular weight is 330 g/mol. The van der Waals surface area contributed by atoms with Crippen molar-refractivity contribution in [3.8, 4) is 0 Å². The second kappa shape index (κ2) is 5.66. The number of halogens is 1. The SMILES string of the molecule is CS(=O)(=O)Nc1ccc(NC2CCN3CCC2C3)cc1Cl. The molecule has 3 rings (SSSR count). The van der Waals surface area contributed by atoms with Crippen molar-refractivity contribution in [3.63, 3.8) is 0 Å². The van der Waals surface area contributed by atoms with Gasteiger partial charge in [0.1, 0.15) is 0 Å². The van der Waals surface area contributed by atoms with Gasteiger partial charge < -0.3 is 10.2 Å². The molecule has 116 valence electrons. The molecule has 0 radical (unpaired) electrons. The monoisotopic (exact) mass is 329 g/mol. The molecule has 2 heterocycles.